The van der Waals surface area contributed by atoms with Gasteiger partial charge in [0.1, 0.15) is 5.82 Å². The van der Waals surface area contributed by atoms with E-state index in [-0.39, 0.29) is 12.0 Å². The molecule has 0 unspecified atom stereocenters. The molecule has 138 valence electrons. The molecule has 2 aromatic heterocycles. The van der Waals surface area contributed by atoms with Crippen LogP contribution >= 0.6 is 0 Å². The van der Waals surface area contributed by atoms with Gasteiger partial charge in [0.2, 0.25) is 5.95 Å². The zero-order chi connectivity index (χ0) is 17.9. The second-order valence-corrected chi connectivity index (χ2v) is 7.35. The Morgan fingerprint density at radius 1 is 1.08 bits per heavy atom. The number of nitrogens with zero attached hydrogens (tertiary/aromatic N) is 6. The lowest BCUT2D eigenvalue weighted by Gasteiger charge is -2.28. The minimum Gasteiger partial charge on any atom is -0.391 e. The Labute approximate surface area is 154 Å². The lowest BCUT2D eigenvalue weighted by atomic mass is 10.0. The number of aliphatic hydroxyl groups is 1. The molecule has 2 aliphatic heterocycles. The van der Waals surface area contributed by atoms with Crippen molar-refractivity contribution < 1.29 is 5.11 Å². The van der Waals surface area contributed by atoms with E-state index in [2.05, 4.69) is 24.8 Å². The number of aromatic nitrogens is 4. The van der Waals surface area contributed by atoms with Crippen molar-refractivity contribution in [2.45, 2.75) is 38.7 Å². The summed E-state index contributed by atoms with van der Waals surface area (Å²) in [7, 11) is 0. The van der Waals surface area contributed by atoms with Crippen molar-refractivity contribution in [3.63, 3.8) is 0 Å². The third-order valence-corrected chi connectivity index (χ3v) is 5.29. The van der Waals surface area contributed by atoms with E-state index in [1.165, 1.54) is 19.3 Å². The van der Waals surface area contributed by atoms with Gasteiger partial charge in [-0.3, -0.25) is 9.97 Å². The molecule has 0 saturated carbocycles. The van der Waals surface area contributed by atoms with Gasteiger partial charge >= 0.3 is 0 Å². The van der Waals surface area contributed by atoms with Gasteiger partial charge in [0.25, 0.3) is 0 Å². The van der Waals surface area contributed by atoms with Crippen LogP contribution in [0.25, 0.3) is 0 Å². The number of aryl methyl sites for hydroxylation is 1. The molecule has 0 spiro atoms. The molecule has 0 aromatic carbocycles. The first-order chi connectivity index (χ1) is 12.7. The lowest BCUT2D eigenvalue weighted by Crippen LogP contribution is -2.32. The predicted molar refractivity (Wildman–Crippen MR) is 100 cm³/mol. The van der Waals surface area contributed by atoms with Gasteiger partial charge < -0.3 is 14.9 Å². The van der Waals surface area contributed by atoms with E-state index in [1.54, 1.807) is 18.6 Å². The number of hydrogen-bond donors (Lipinski definition) is 1. The highest BCUT2D eigenvalue weighted by Gasteiger charge is 2.33. The smallest absolute Gasteiger partial charge is 0.227 e. The molecule has 4 heterocycles. The summed E-state index contributed by atoms with van der Waals surface area (Å²) in [5.41, 5.74) is 1.90. The first kappa shape index (κ1) is 17.1. The second-order valence-electron chi connectivity index (χ2n) is 7.35. The van der Waals surface area contributed by atoms with Crippen LogP contribution in [-0.2, 0) is 6.42 Å². The number of β-amino-alcohol motifs (C(OH)–C–C–N with tert-alkyl or cyclic N) is 1. The summed E-state index contributed by atoms with van der Waals surface area (Å²) in [4.78, 5) is 22.4. The lowest BCUT2D eigenvalue weighted by molar-refractivity contribution is 0.147. The van der Waals surface area contributed by atoms with E-state index < -0.39 is 0 Å². The Bertz CT molecular complexity index is 734. The van der Waals surface area contributed by atoms with Crippen LogP contribution in [0.2, 0.25) is 0 Å². The van der Waals surface area contributed by atoms with E-state index in [9.17, 15) is 5.11 Å². The first-order valence-electron chi connectivity index (χ1n) is 9.47. The molecular weight excluding hydrogens is 328 g/mol. The molecule has 4 rings (SSSR count). The van der Waals surface area contributed by atoms with Crippen molar-refractivity contribution in [2.75, 3.05) is 36.0 Å². The highest BCUT2D eigenvalue weighted by molar-refractivity contribution is 5.47. The second kappa shape index (κ2) is 7.53. The summed E-state index contributed by atoms with van der Waals surface area (Å²) in [6.45, 7) is 5.44. The molecule has 0 aliphatic carbocycles. The molecule has 0 radical (unpaired) electrons. The average Bonchev–Trinajstić information content (AvgIpc) is 3.03. The van der Waals surface area contributed by atoms with Crippen LogP contribution in [0.5, 0.6) is 0 Å². The van der Waals surface area contributed by atoms with Crippen LogP contribution < -0.4 is 9.80 Å². The van der Waals surface area contributed by atoms with Crippen LogP contribution in [0.4, 0.5) is 11.8 Å². The Morgan fingerprint density at radius 3 is 2.69 bits per heavy atom. The van der Waals surface area contributed by atoms with Gasteiger partial charge in [-0.2, -0.15) is 4.98 Å². The zero-order valence-electron chi connectivity index (χ0n) is 15.3. The molecule has 7 nitrogen and oxygen atoms in total. The van der Waals surface area contributed by atoms with Crippen molar-refractivity contribution in [3.8, 4) is 0 Å². The van der Waals surface area contributed by atoms with Gasteiger partial charge in [-0.05, 0) is 32.6 Å². The summed E-state index contributed by atoms with van der Waals surface area (Å²) in [5.74, 6) is 1.88. The van der Waals surface area contributed by atoms with Crippen molar-refractivity contribution in [1.82, 2.24) is 19.9 Å². The summed E-state index contributed by atoms with van der Waals surface area (Å²) < 4.78 is 0. The van der Waals surface area contributed by atoms with E-state index in [4.69, 9.17) is 4.98 Å². The predicted octanol–water partition coefficient (Wildman–Crippen LogP) is 1.61. The molecule has 2 saturated heterocycles. The molecule has 0 amide bonds. The van der Waals surface area contributed by atoms with Gasteiger partial charge in [0.05, 0.1) is 11.8 Å². The minimum atomic E-state index is -0.384. The summed E-state index contributed by atoms with van der Waals surface area (Å²) >= 11 is 0. The highest BCUT2D eigenvalue weighted by atomic mass is 16.3. The van der Waals surface area contributed by atoms with Crippen molar-refractivity contribution in [3.05, 3.63) is 36.0 Å². The van der Waals surface area contributed by atoms with Crippen LogP contribution in [0.1, 0.15) is 30.7 Å². The Balaban J connectivity index is 1.49. The van der Waals surface area contributed by atoms with E-state index in [0.717, 1.165) is 49.2 Å². The SMILES string of the molecule is Cc1cc(N2C[C@@H](Cc3cnccn3)[C@H](O)C2)nc(N2CCCCC2)n1. The van der Waals surface area contributed by atoms with Gasteiger partial charge in [0.15, 0.2) is 0 Å². The average molecular weight is 354 g/mol. The quantitative estimate of drug-likeness (QED) is 0.893. The Morgan fingerprint density at radius 2 is 1.92 bits per heavy atom. The third-order valence-electron chi connectivity index (χ3n) is 5.29. The molecule has 7 heteroatoms. The molecule has 2 aromatic rings. The third kappa shape index (κ3) is 3.77. The molecule has 1 N–H and O–H groups in total. The molecule has 2 aliphatic rings. The normalized spacial score (nSPS) is 23.5. The Kier molecular flexibility index (Phi) is 4.97. The van der Waals surface area contributed by atoms with Crippen LogP contribution in [-0.4, -0.2) is 57.3 Å². The van der Waals surface area contributed by atoms with Crippen molar-refractivity contribution in [1.29, 1.82) is 0 Å². The van der Waals surface area contributed by atoms with E-state index >= 15 is 0 Å². The topological polar surface area (TPSA) is 78.3 Å². The van der Waals surface area contributed by atoms with Gasteiger partial charge in [-0.15, -0.1) is 0 Å². The number of aliphatic hydroxyl groups excluding tert-OH is 1. The highest BCUT2D eigenvalue weighted by Crippen LogP contribution is 2.27. The Hall–Kier alpha value is -2.28. The van der Waals surface area contributed by atoms with Gasteiger partial charge in [0, 0.05) is 62.4 Å². The molecule has 2 fully saturated rings. The maximum absolute atomic E-state index is 10.5. The van der Waals surface area contributed by atoms with Gasteiger partial charge in [-0.1, -0.05) is 0 Å². The largest absolute Gasteiger partial charge is 0.391 e. The minimum absolute atomic E-state index is 0.139. The van der Waals surface area contributed by atoms with Crippen LogP contribution in [0.3, 0.4) is 0 Å². The molecule has 0 bridgehead atoms. The first-order valence-corrected chi connectivity index (χ1v) is 9.47. The fourth-order valence-corrected chi connectivity index (χ4v) is 3.88. The van der Waals surface area contributed by atoms with Crippen molar-refractivity contribution >= 4 is 11.8 Å². The van der Waals surface area contributed by atoms with E-state index in [0.29, 0.717) is 6.54 Å². The number of rotatable bonds is 4. The van der Waals surface area contributed by atoms with Crippen molar-refractivity contribution in [2.24, 2.45) is 5.92 Å². The van der Waals surface area contributed by atoms with Crippen LogP contribution in [0, 0.1) is 12.8 Å². The van der Waals surface area contributed by atoms with E-state index in [1.807, 2.05) is 13.0 Å². The summed E-state index contributed by atoms with van der Waals surface area (Å²) in [5, 5.41) is 10.5. The number of piperidine rings is 1. The molecular formula is C19H26N6O. The zero-order valence-corrected chi connectivity index (χ0v) is 15.3. The summed E-state index contributed by atoms with van der Waals surface area (Å²) in [6.07, 6.45) is 9.19. The van der Waals surface area contributed by atoms with Gasteiger partial charge in [-0.25, -0.2) is 4.98 Å². The fourth-order valence-electron chi connectivity index (χ4n) is 3.88. The molecule has 2 atom stereocenters. The maximum Gasteiger partial charge on any atom is 0.227 e. The van der Waals surface area contributed by atoms with Crippen LogP contribution in [0.15, 0.2) is 24.7 Å². The molecule has 26 heavy (non-hydrogen) atoms. The maximum atomic E-state index is 10.5. The monoisotopic (exact) mass is 354 g/mol. The number of hydrogen-bond acceptors (Lipinski definition) is 7. The standard InChI is InChI=1S/C19H26N6O/c1-14-9-18(23-19(22-14)24-7-3-2-4-8-24)25-12-15(17(26)13-25)10-16-11-20-5-6-21-16/h5-6,9,11,15,17,26H,2-4,7-8,10,12-13H2,1H3/t15-,17-/m1/s1. The summed E-state index contributed by atoms with van der Waals surface area (Å²) in [6, 6.07) is 2.02. The fraction of sp³-hybridized carbons (Fsp3) is 0.579. The number of anilines is 2.